The number of benzene rings is 1. The molecule has 1 aromatic rings. The normalized spacial score (nSPS) is 16.1. The van der Waals surface area contributed by atoms with Crippen LogP contribution in [0.3, 0.4) is 0 Å². The van der Waals surface area contributed by atoms with Gasteiger partial charge in [0.05, 0.1) is 12.6 Å². The number of likely N-dealkylation sites (tertiary alicyclic amines) is 1. The number of rotatable bonds is 34. The van der Waals surface area contributed by atoms with Crippen LogP contribution in [0.1, 0.15) is 98.5 Å². The van der Waals surface area contributed by atoms with Gasteiger partial charge in [-0.15, -0.1) is 0 Å². The molecule has 0 spiro atoms. The topological polar surface area (TPSA) is 445 Å². The largest absolute Gasteiger partial charge is 0.480 e. The summed E-state index contributed by atoms with van der Waals surface area (Å²) in [5.74, 6) is -8.15. The first kappa shape index (κ1) is 66.9. The Balaban J connectivity index is 2.23. The Hall–Kier alpha value is -7.23. The summed E-state index contributed by atoms with van der Waals surface area (Å²) in [7, 11) is 0. The lowest BCUT2D eigenvalue weighted by molar-refractivity contribution is -0.149. The molecule has 0 aromatic heterocycles. The van der Waals surface area contributed by atoms with Gasteiger partial charge in [0.1, 0.15) is 48.3 Å². The van der Waals surface area contributed by atoms with Gasteiger partial charge in [-0.2, -0.15) is 11.8 Å². The quantitative estimate of drug-likeness (QED) is 0.0183. The predicted octanol–water partition coefficient (Wildman–Crippen LogP) is -3.26. The van der Waals surface area contributed by atoms with Crippen LogP contribution in [0.4, 0.5) is 0 Å². The van der Waals surface area contributed by atoms with E-state index in [1.165, 1.54) is 30.5 Å². The van der Waals surface area contributed by atoms with Gasteiger partial charge >= 0.3 is 5.97 Å². The monoisotopic (exact) mass is 1120 g/mol. The number of aliphatic imine (C=N–C) groups is 2. The van der Waals surface area contributed by atoms with Crippen molar-refractivity contribution in [1.29, 1.82) is 0 Å². The van der Waals surface area contributed by atoms with Crippen molar-refractivity contribution in [2.75, 3.05) is 38.2 Å². The summed E-state index contributed by atoms with van der Waals surface area (Å²) in [6, 6.07) is -1.75. The van der Waals surface area contributed by atoms with Gasteiger partial charge in [0.2, 0.25) is 53.2 Å². The zero-order chi connectivity index (χ0) is 58.6. The number of amides is 9. The van der Waals surface area contributed by atoms with Gasteiger partial charge in [0.25, 0.3) is 0 Å². The predicted molar refractivity (Wildman–Crippen MR) is 295 cm³/mol. The van der Waals surface area contributed by atoms with Crippen LogP contribution in [0.5, 0.6) is 0 Å². The van der Waals surface area contributed by atoms with E-state index in [2.05, 4.69) is 52.5 Å². The van der Waals surface area contributed by atoms with Crippen LogP contribution in [0, 0.1) is 11.8 Å². The maximum Gasteiger partial charge on any atom is 0.326 e. The fourth-order valence-corrected chi connectivity index (χ4v) is 8.62. The Morgan fingerprint density at radius 1 is 0.654 bits per heavy atom. The van der Waals surface area contributed by atoms with E-state index in [4.69, 9.17) is 28.7 Å². The standard InChI is InChI=1S/C50H84N16O11S/c1-27(2)24-35(64-45(73)36(25-31-14-9-8-10-15-31)61-38(67)26-58-41(69)32(51)16-11-20-56-49(52)53)44(72)59-29(5)40(68)62-34(19-23-78-7)43(71)65-39(28(3)4)46(74)63-33(17-12-21-57-50(54)55)42(70)60-30(6)47(75)66-22-13-18-37(66)48(76)77/h8-10,14-15,27-30,32-37,39H,11-13,16-26,51H2,1-7H3,(H,58,69)(H,59,72)(H,60,70)(H,61,67)(H,62,68)(H,63,74)(H,64,73)(H,65,71)(H,76,77)(H4,52,53,56)(H4,54,55,57)/t29-,30-,32-,33-,34-,35-,36-,37-,39-/m0/s1. The van der Waals surface area contributed by atoms with E-state index in [0.29, 0.717) is 24.2 Å². The number of hydrogen-bond acceptors (Lipinski definition) is 14. The van der Waals surface area contributed by atoms with Crippen molar-refractivity contribution in [2.24, 2.45) is 50.5 Å². The molecule has 78 heavy (non-hydrogen) atoms. The molecular weight excluding hydrogens is 1030 g/mol. The Labute approximate surface area is 460 Å². The van der Waals surface area contributed by atoms with Crippen LogP contribution in [0.2, 0.25) is 0 Å². The number of nitrogens with one attached hydrogen (secondary N) is 8. The van der Waals surface area contributed by atoms with E-state index >= 15 is 0 Å². The third-order valence-corrected chi connectivity index (χ3v) is 13.0. The van der Waals surface area contributed by atoms with Crippen molar-refractivity contribution in [3.63, 3.8) is 0 Å². The van der Waals surface area contributed by atoms with Crippen LogP contribution in [-0.4, -0.2) is 174 Å². The fraction of sp³-hybridized carbons (Fsp3) is 0.640. The zero-order valence-electron chi connectivity index (χ0n) is 45.8. The third kappa shape index (κ3) is 24.4. The molecule has 0 radical (unpaired) electrons. The van der Waals surface area contributed by atoms with Gasteiger partial charge in [-0.25, -0.2) is 4.79 Å². The number of hydrogen-bond donors (Lipinski definition) is 14. The van der Waals surface area contributed by atoms with E-state index in [1.54, 1.807) is 50.4 Å². The van der Waals surface area contributed by atoms with Crippen molar-refractivity contribution in [3.05, 3.63) is 35.9 Å². The van der Waals surface area contributed by atoms with Crippen molar-refractivity contribution in [1.82, 2.24) is 47.4 Å². The van der Waals surface area contributed by atoms with Crippen molar-refractivity contribution >= 4 is 82.8 Å². The summed E-state index contributed by atoms with van der Waals surface area (Å²) in [5.41, 5.74) is 28.2. The molecule has 1 saturated heterocycles. The van der Waals surface area contributed by atoms with Gasteiger partial charge in [-0.3, -0.25) is 53.1 Å². The molecule has 19 N–H and O–H groups in total. The molecule has 0 saturated carbocycles. The lowest BCUT2D eigenvalue weighted by atomic mass is 10.0. The highest BCUT2D eigenvalue weighted by Crippen LogP contribution is 2.19. The maximum absolute atomic E-state index is 14.0. The second-order valence-electron chi connectivity index (χ2n) is 19.8. The number of thioether (sulfide) groups is 1. The summed E-state index contributed by atoms with van der Waals surface area (Å²) in [4.78, 5) is 143. The van der Waals surface area contributed by atoms with E-state index < -0.39 is 126 Å². The van der Waals surface area contributed by atoms with Crippen LogP contribution in [0.25, 0.3) is 0 Å². The molecule has 9 atom stereocenters. The van der Waals surface area contributed by atoms with E-state index in [-0.39, 0.29) is 82.4 Å². The SMILES string of the molecule is CSCC[C@H](NC(=O)[C@H](C)NC(=O)[C@H](CC(C)C)NC(=O)[C@H](Cc1ccccc1)NC(=O)CNC(=O)[C@@H](N)CCCN=C(N)N)C(=O)N[C@H](C(=O)N[C@@H](CCCN=C(N)N)C(=O)N[C@@H](C)C(=O)N1CCC[C@H]1C(=O)O)C(C)C. The molecule has 1 aromatic carbocycles. The lowest BCUT2D eigenvalue weighted by Gasteiger charge is -2.29. The van der Waals surface area contributed by atoms with Crippen molar-refractivity contribution in [2.45, 2.75) is 154 Å². The molecule has 0 aliphatic carbocycles. The van der Waals surface area contributed by atoms with Crippen LogP contribution in [-0.2, 0) is 54.4 Å². The number of carbonyl (C=O) groups is 10. The van der Waals surface area contributed by atoms with Crippen LogP contribution < -0.4 is 71.2 Å². The first-order valence-electron chi connectivity index (χ1n) is 26.1. The van der Waals surface area contributed by atoms with Gasteiger partial charge in [0, 0.05) is 26.1 Å². The first-order valence-corrected chi connectivity index (χ1v) is 27.5. The molecular formula is C50H84N16O11S. The highest BCUT2D eigenvalue weighted by molar-refractivity contribution is 7.98. The number of carboxylic acid groups (broad SMARTS) is 1. The Kier molecular flexibility index (Phi) is 29.6. The number of nitrogens with two attached hydrogens (primary N) is 5. The minimum Gasteiger partial charge on any atom is -0.480 e. The van der Waals surface area contributed by atoms with Crippen LogP contribution in [0.15, 0.2) is 40.3 Å². The molecule has 1 heterocycles. The molecule has 27 nitrogen and oxygen atoms in total. The Bertz CT molecular complexity index is 2250. The molecule has 1 aliphatic heterocycles. The van der Waals surface area contributed by atoms with Gasteiger partial charge in [-0.1, -0.05) is 58.0 Å². The van der Waals surface area contributed by atoms with Gasteiger partial charge in [0.15, 0.2) is 11.9 Å². The van der Waals surface area contributed by atoms with E-state index in [0.717, 1.165) is 0 Å². The summed E-state index contributed by atoms with van der Waals surface area (Å²) >= 11 is 1.39. The second kappa shape index (κ2) is 34.5. The summed E-state index contributed by atoms with van der Waals surface area (Å²) < 4.78 is 0. The molecule has 436 valence electrons. The van der Waals surface area contributed by atoms with E-state index in [1.807, 2.05) is 13.8 Å². The Morgan fingerprint density at radius 3 is 1.77 bits per heavy atom. The van der Waals surface area contributed by atoms with E-state index in [9.17, 15) is 53.1 Å². The maximum atomic E-state index is 14.0. The fourth-order valence-electron chi connectivity index (χ4n) is 8.14. The third-order valence-electron chi connectivity index (χ3n) is 12.4. The summed E-state index contributed by atoms with van der Waals surface area (Å²) in [5, 5.41) is 30.7. The van der Waals surface area contributed by atoms with Gasteiger partial charge in [-0.05, 0) is 94.6 Å². The number of nitrogens with zero attached hydrogens (tertiary/aromatic N) is 3. The number of carbonyl (C=O) groups excluding carboxylic acids is 9. The average Bonchev–Trinajstić information content (AvgIpc) is 3.88. The lowest BCUT2D eigenvalue weighted by Crippen LogP contribution is -2.60. The summed E-state index contributed by atoms with van der Waals surface area (Å²) in [6.07, 6.45) is 3.63. The van der Waals surface area contributed by atoms with Crippen molar-refractivity contribution < 1.29 is 53.1 Å². The highest BCUT2D eigenvalue weighted by Gasteiger charge is 2.38. The number of guanidine groups is 2. The number of aliphatic carboxylic acids is 1. The molecule has 9 amide bonds. The minimum atomic E-state index is -1.26. The van der Waals surface area contributed by atoms with Crippen molar-refractivity contribution in [3.8, 4) is 0 Å². The smallest absolute Gasteiger partial charge is 0.326 e. The summed E-state index contributed by atoms with van der Waals surface area (Å²) in [6.45, 7) is 9.80. The zero-order valence-corrected chi connectivity index (χ0v) is 46.6. The molecule has 0 unspecified atom stereocenters. The molecule has 0 bridgehead atoms. The highest BCUT2D eigenvalue weighted by atomic mass is 32.2. The first-order chi connectivity index (χ1) is 36.7. The molecule has 1 fully saturated rings. The molecule has 1 aliphatic rings. The average molecular weight is 1120 g/mol. The minimum absolute atomic E-state index is 0.000587. The van der Waals surface area contributed by atoms with Crippen LogP contribution >= 0.6 is 11.8 Å². The molecule has 2 rings (SSSR count). The number of carboxylic acids is 1. The molecule has 28 heteroatoms. The Morgan fingerprint density at radius 2 is 1.19 bits per heavy atom. The van der Waals surface area contributed by atoms with Gasteiger partial charge < -0.3 is 81.2 Å². The second-order valence-corrected chi connectivity index (χ2v) is 20.8.